The lowest BCUT2D eigenvalue weighted by molar-refractivity contribution is 1.18. The maximum atomic E-state index is 2.47. The van der Waals surface area contributed by atoms with Gasteiger partial charge in [-0.3, -0.25) is 0 Å². The molecule has 0 saturated carbocycles. The van der Waals surface area contributed by atoms with Gasteiger partial charge in [-0.25, -0.2) is 0 Å². The molecule has 0 unspecified atom stereocenters. The van der Waals surface area contributed by atoms with E-state index in [9.17, 15) is 0 Å². The van der Waals surface area contributed by atoms with Gasteiger partial charge in [-0.15, -0.1) is 0 Å². The van der Waals surface area contributed by atoms with E-state index in [-0.39, 0.29) is 0 Å². The Kier molecular flexibility index (Phi) is 11.6. The smallest absolute Gasteiger partial charge is 0.0541 e. The Bertz CT molecular complexity index is 5510. The second kappa shape index (κ2) is 20.4. The van der Waals surface area contributed by atoms with E-state index in [1.165, 1.54) is 143 Å². The molecule has 0 aliphatic rings. The van der Waals surface area contributed by atoms with Gasteiger partial charge in [0.15, 0.2) is 0 Å². The van der Waals surface area contributed by atoms with Crippen molar-refractivity contribution in [3.8, 4) is 83.8 Å². The van der Waals surface area contributed by atoms with Gasteiger partial charge >= 0.3 is 0 Å². The first-order valence-corrected chi connectivity index (χ1v) is 30.7. The number of hydrogen-bond acceptors (Lipinski definition) is 0. The molecule has 0 bridgehead atoms. The van der Waals surface area contributed by atoms with Crippen LogP contribution in [0.1, 0.15) is 0 Å². The van der Waals surface area contributed by atoms with E-state index in [1.54, 1.807) is 0 Å². The number of benzene rings is 15. The number of para-hydroxylation sites is 2. The summed E-state index contributed by atoms with van der Waals surface area (Å²) in [7, 11) is 0. The number of hydrogen-bond donors (Lipinski definition) is 0. The molecule has 0 fully saturated rings. The van der Waals surface area contributed by atoms with Crippen LogP contribution >= 0.6 is 0 Å². The van der Waals surface area contributed by atoms with Crippen LogP contribution in [0.5, 0.6) is 0 Å². The molecule has 18 aromatic rings. The molecule has 0 saturated heterocycles. The molecule has 15 aromatic carbocycles. The summed E-state index contributed by atoms with van der Waals surface area (Å²) in [6.07, 6.45) is 0. The van der Waals surface area contributed by atoms with Gasteiger partial charge < -0.3 is 13.7 Å². The predicted octanol–water partition coefficient (Wildman–Crippen LogP) is 23.3. The van der Waals surface area contributed by atoms with Crippen LogP contribution in [0.4, 0.5) is 0 Å². The fourth-order valence-corrected chi connectivity index (χ4v) is 14.6. The molecule has 0 spiro atoms. The van der Waals surface area contributed by atoms with Crippen molar-refractivity contribution in [3.05, 3.63) is 334 Å². The van der Waals surface area contributed by atoms with Gasteiger partial charge in [0.05, 0.1) is 33.1 Å². The summed E-state index contributed by atoms with van der Waals surface area (Å²) in [6, 6.07) is 123. The van der Waals surface area contributed by atoms with Crippen LogP contribution in [-0.4, -0.2) is 13.7 Å². The molecule has 0 amide bonds. The van der Waals surface area contributed by atoms with Crippen molar-refractivity contribution in [3.63, 3.8) is 0 Å². The standard InChI is InChI=1S/C86H55N3/c1-4-20-56(21-5-1)60-26-18-28-67(50-60)88-79-36-16-14-30-69(79)75-52-62(40-46-81(75)88)64-42-48-83-77(54-64)78-55-65(63-41-47-82-76(53-63)70-31-15-17-37-80(70)89(82)68-29-19-27-61(51-68)57-22-6-2-7-23-57)43-49-84(78)87(83)66-44-38-59(39-45-66)86-73-34-12-10-32-71(73)85(58-24-8-3-9-25-58)72-33-11-13-35-74(72)86/h1-55H. The SMILES string of the molecule is c1ccc(-c2cccc(-n3c4ccccc4c4cc(-c5ccc6c(c5)c5cc(-c7ccc8c(c7)c7ccccc7n8-c7cccc(-c8ccccc8)c7)ccc5n6-c5ccc(-c6c7ccccc7c(-c7ccccc7)c7ccccc67)cc5)ccc43)c2)cc1. The van der Waals surface area contributed by atoms with Crippen molar-refractivity contribution >= 4 is 87.0 Å². The van der Waals surface area contributed by atoms with E-state index >= 15 is 0 Å². The third kappa shape index (κ3) is 8.20. The van der Waals surface area contributed by atoms with Gasteiger partial charge in [0.25, 0.3) is 0 Å². The summed E-state index contributed by atoms with van der Waals surface area (Å²) < 4.78 is 7.32. The zero-order chi connectivity index (χ0) is 58.5. The highest BCUT2D eigenvalue weighted by atomic mass is 15.0. The molecule has 0 aliphatic carbocycles. The normalized spacial score (nSPS) is 11.8. The van der Waals surface area contributed by atoms with Crippen LogP contribution in [0.15, 0.2) is 334 Å². The lowest BCUT2D eigenvalue weighted by Crippen LogP contribution is -1.95. The lowest BCUT2D eigenvalue weighted by Gasteiger charge is -2.18. The Labute approximate surface area is 515 Å². The fraction of sp³-hybridized carbons (Fsp3) is 0. The van der Waals surface area contributed by atoms with Crippen LogP contribution in [0.3, 0.4) is 0 Å². The van der Waals surface area contributed by atoms with E-state index in [2.05, 4.69) is 347 Å². The van der Waals surface area contributed by atoms with Crippen LogP contribution in [0.2, 0.25) is 0 Å². The maximum absolute atomic E-state index is 2.47. The van der Waals surface area contributed by atoms with Crippen molar-refractivity contribution in [1.29, 1.82) is 0 Å². The highest BCUT2D eigenvalue weighted by Crippen LogP contribution is 2.46. The molecular formula is C86H55N3. The third-order valence-electron chi connectivity index (χ3n) is 18.6. The predicted molar refractivity (Wildman–Crippen MR) is 377 cm³/mol. The Hall–Kier alpha value is -11.8. The minimum absolute atomic E-state index is 1.11. The molecule has 0 radical (unpaired) electrons. The van der Waals surface area contributed by atoms with E-state index in [0.29, 0.717) is 0 Å². The number of rotatable bonds is 9. The Morgan fingerprint density at radius 2 is 0.393 bits per heavy atom. The largest absolute Gasteiger partial charge is 0.309 e. The second-order valence-electron chi connectivity index (χ2n) is 23.6. The van der Waals surface area contributed by atoms with Crippen LogP contribution in [-0.2, 0) is 0 Å². The van der Waals surface area contributed by atoms with Crippen LogP contribution in [0, 0.1) is 0 Å². The zero-order valence-corrected chi connectivity index (χ0v) is 48.6. The monoisotopic (exact) mass is 1130 g/mol. The first kappa shape index (κ1) is 50.5. The Morgan fingerprint density at radius 3 is 0.775 bits per heavy atom. The second-order valence-corrected chi connectivity index (χ2v) is 23.6. The van der Waals surface area contributed by atoms with Crippen molar-refractivity contribution in [2.24, 2.45) is 0 Å². The molecule has 3 aromatic heterocycles. The molecule has 0 aliphatic heterocycles. The molecule has 3 nitrogen and oxygen atoms in total. The van der Waals surface area contributed by atoms with Crippen molar-refractivity contribution in [2.45, 2.75) is 0 Å². The summed E-state index contributed by atoms with van der Waals surface area (Å²) in [5.41, 5.74) is 24.9. The highest BCUT2D eigenvalue weighted by molar-refractivity contribution is 6.22. The van der Waals surface area contributed by atoms with E-state index in [0.717, 1.165) is 28.1 Å². The molecule has 18 rings (SSSR count). The van der Waals surface area contributed by atoms with E-state index in [4.69, 9.17) is 0 Å². The average Bonchev–Trinajstić information content (AvgIpc) is 1.86. The Balaban J connectivity index is 0.802. The van der Waals surface area contributed by atoms with Gasteiger partial charge in [0.2, 0.25) is 0 Å². The molecule has 3 heteroatoms. The van der Waals surface area contributed by atoms with Gasteiger partial charge in [-0.2, -0.15) is 0 Å². The molecule has 0 atom stereocenters. The summed E-state index contributed by atoms with van der Waals surface area (Å²) in [5, 5.41) is 12.3. The van der Waals surface area contributed by atoms with E-state index in [1.807, 2.05) is 0 Å². The van der Waals surface area contributed by atoms with Crippen LogP contribution in [0.25, 0.3) is 171 Å². The van der Waals surface area contributed by atoms with Gasteiger partial charge in [-0.1, -0.05) is 237 Å². The van der Waals surface area contributed by atoms with Crippen molar-refractivity contribution < 1.29 is 0 Å². The minimum atomic E-state index is 1.11. The number of fused-ring (bicyclic) bond motifs is 11. The Morgan fingerprint density at radius 1 is 0.135 bits per heavy atom. The van der Waals surface area contributed by atoms with Gasteiger partial charge in [0.1, 0.15) is 0 Å². The quantitative estimate of drug-likeness (QED) is 0.128. The molecule has 0 N–H and O–H groups in total. The third-order valence-corrected chi connectivity index (χ3v) is 18.6. The summed E-state index contributed by atoms with van der Waals surface area (Å²) in [5.74, 6) is 0. The van der Waals surface area contributed by atoms with Crippen LogP contribution < -0.4 is 0 Å². The average molecular weight is 1130 g/mol. The number of nitrogens with zero attached hydrogens (tertiary/aromatic N) is 3. The van der Waals surface area contributed by atoms with Gasteiger partial charge in [0, 0.05) is 49.4 Å². The van der Waals surface area contributed by atoms with Crippen molar-refractivity contribution in [2.75, 3.05) is 0 Å². The molecule has 89 heavy (non-hydrogen) atoms. The zero-order valence-electron chi connectivity index (χ0n) is 48.6. The van der Waals surface area contributed by atoms with E-state index < -0.39 is 0 Å². The van der Waals surface area contributed by atoms with Gasteiger partial charge in [-0.05, 0) is 185 Å². The van der Waals surface area contributed by atoms with Crippen molar-refractivity contribution in [1.82, 2.24) is 13.7 Å². The molecular weight excluding hydrogens is 1070 g/mol. The molecule has 414 valence electrons. The number of aromatic nitrogens is 3. The minimum Gasteiger partial charge on any atom is -0.309 e. The maximum Gasteiger partial charge on any atom is 0.0541 e. The highest BCUT2D eigenvalue weighted by Gasteiger charge is 2.21. The fourth-order valence-electron chi connectivity index (χ4n) is 14.6. The topological polar surface area (TPSA) is 14.8 Å². The summed E-state index contributed by atoms with van der Waals surface area (Å²) in [4.78, 5) is 0. The lowest BCUT2D eigenvalue weighted by atomic mass is 9.86. The first-order chi connectivity index (χ1) is 44.1. The summed E-state index contributed by atoms with van der Waals surface area (Å²) in [6.45, 7) is 0. The molecule has 3 heterocycles. The summed E-state index contributed by atoms with van der Waals surface area (Å²) >= 11 is 0. The first-order valence-electron chi connectivity index (χ1n) is 30.7.